The Kier molecular flexibility index (Phi) is 6.00. The highest BCUT2D eigenvalue weighted by atomic mass is 35.5. The lowest BCUT2D eigenvalue weighted by Crippen LogP contribution is -2.55. The minimum absolute atomic E-state index is 0.0537. The van der Waals surface area contributed by atoms with E-state index in [4.69, 9.17) is 16.3 Å². The molecule has 0 N–H and O–H groups in total. The number of amides is 2. The molecular weight excluding hydrogens is 390 g/mol. The Hall–Kier alpha value is -1.35. The van der Waals surface area contributed by atoms with Crippen molar-refractivity contribution in [2.75, 3.05) is 32.8 Å². The predicted octanol–water partition coefficient (Wildman–Crippen LogP) is 2.47. The first-order valence-corrected chi connectivity index (χ1v) is 11.0. The Morgan fingerprint density at radius 3 is 2.33 bits per heavy atom. The molecule has 2 fully saturated rings. The van der Waals surface area contributed by atoms with E-state index in [0.717, 1.165) is 0 Å². The van der Waals surface area contributed by atoms with E-state index < -0.39 is 16.2 Å². The zero-order chi connectivity index (χ0) is 19.8. The van der Waals surface area contributed by atoms with E-state index in [2.05, 4.69) is 0 Å². The molecule has 27 heavy (non-hydrogen) atoms. The second kappa shape index (κ2) is 7.95. The molecule has 2 atom stereocenters. The van der Waals surface area contributed by atoms with Gasteiger partial charge in [-0.1, -0.05) is 25.4 Å². The van der Waals surface area contributed by atoms with Crippen LogP contribution >= 0.6 is 11.6 Å². The Bertz CT molecular complexity index is 778. The second-order valence-corrected chi connectivity index (χ2v) is 9.65. The number of benzene rings is 1. The number of hydrogen-bond acceptors (Lipinski definition) is 4. The van der Waals surface area contributed by atoms with E-state index in [0.29, 0.717) is 31.3 Å². The minimum atomic E-state index is -3.74. The maximum absolute atomic E-state index is 13.3. The number of halogens is 1. The van der Waals surface area contributed by atoms with Gasteiger partial charge in [0.15, 0.2) is 0 Å². The molecule has 0 spiro atoms. The Morgan fingerprint density at radius 1 is 1.19 bits per heavy atom. The lowest BCUT2D eigenvalue weighted by atomic mass is 10.1. The average Bonchev–Trinajstić information content (AvgIpc) is 3.00. The van der Waals surface area contributed by atoms with E-state index in [1.165, 1.54) is 16.4 Å². The summed E-state index contributed by atoms with van der Waals surface area (Å²) in [5, 5.41) is 0.480. The van der Waals surface area contributed by atoms with Gasteiger partial charge in [0.25, 0.3) is 0 Å². The molecule has 0 aliphatic carbocycles. The van der Waals surface area contributed by atoms with Crippen molar-refractivity contribution in [3.8, 4) is 0 Å². The largest absolute Gasteiger partial charge is 0.378 e. The summed E-state index contributed by atoms with van der Waals surface area (Å²) in [7, 11) is -3.74. The molecule has 7 nitrogen and oxygen atoms in total. The van der Waals surface area contributed by atoms with Crippen LogP contribution in [0.25, 0.3) is 0 Å². The lowest BCUT2D eigenvalue weighted by molar-refractivity contribution is 0.0334. The van der Waals surface area contributed by atoms with Crippen molar-refractivity contribution in [2.24, 2.45) is 5.92 Å². The molecule has 2 heterocycles. The third-order valence-corrected chi connectivity index (χ3v) is 7.12. The third-order valence-electron chi connectivity index (χ3n) is 5.02. The summed E-state index contributed by atoms with van der Waals surface area (Å²) in [5.74, 6) is -0.0537. The number of ether oxygens (including phenoxy) is 1. The number of hydrogen-bond donors (Lipinski definition) is 0. The first kappa shape index (κ1) is 20.4. The maximum Gasteiger partial charge on any atom is 0.321 e. The van der Waals surface area contributed by atoms with Crippen molar-refractivity contribution in [3.63, 3.8) is 0 Å². The molecule has 0 unspecified atom stereocenters. The monoisotopic (exact) mass is 415 g/mol. The highest BCUT2D eigenvalue weighted by Gasteiger charge is 2.48. The van der Waals surface area contributed by atoms with E-state index in [-0.39, 0.29) is 29.4 Å². The van der Waals surface area contributed by atoms with Gasteiger partial charge in [-0.25, -0.2) is 13.2 Å². The number of carbonyl (C=O) groups is 1. The number of rotatable bonds is 3. The highest BCUT2D eigenvalue weighted by Crippen LogP contribution is 2.33. The van der Waals surface area contributed by atoms with Crippen molar-refractivity contribution in [2.45, 2.75) is 37.9 Å². The van der Waals surface area contributed by atoms with Gasteiger partial charge in [0.05, 0.1) is 18.1 Å². The first-order chi connectivity index (χ1) is 12.7. The molecule has 1 aromatic carbocycles. The quantitative estimate of drug-likeness (QED) is 0.760. The van der Waals surface area contributed by atoms with Crippen molar-refractivity contribution in [3.05, 3.63) is 29.3 Å². The van der Waals surface area contributed by atoms with E-state index in [1.54, 1.807) is 21.9 Å². The Balaban J connectivity index is 1.92. The van der Waals surface area contributed by atoms with Gasteiger partial charge < -0.3 is 14.5 Å². The number of sulfonamides is 1. The molecule has 2 aliphatic heterocycles. The Labute approximate surface area is 165 Å². The van der Waals surface area contributed by atoms with Gasteiger partial charge in [0, 0.05) is 30.7 Å². The van der Waals surface area contributed by atoms with Gasteiger partial charge in [0.1, 0.15) is 6.17 Å². The maximum atomic E-state index is 13.3. The molecule has 3 rings (SSSR count). The Morgan fingerprint density at radius 2 is 1.78 bits per heavy atom. The van der Waals surface area contributed by atoms with Crippen molar-refractivity contribution in [1.82, 2.24) is 14.1 Å². The summed E-state index contributed by atoms with van der Waals surface area (Å²) in [5.41, 5.74) is 0. The van der Waals surface area contributed by atoms with Crippen LogP contribution in [0.3, 0.4) is 0 Å². The van der Waals surface area contributed by atoms with Gasteiger partial charge in [-0.05, 0) is 37.1 Å². The van der Waals surface area contributed by atoms with Crippen LogP contribution in [0.15, 0.2) is 29.2 Å². The van der Waals surface area contributed by atoms with Crippen LogP contribution in [0.2, 0.25) is 5.02 Å². The van der Waals surface area contributed by atoms with E-state index >= 15 is 0 Å². The molecular formula is C18H26ClN3O4S. The predicted molar refractivity (Wildman–Crippen MR) is 103 cm³/mol. The molecule has 0 saturated carbocycles. The van der Waals surface area contributed by atoms with Crippen LogP contribution in [0.4, 0.5) is 4.79 Å². The molecule has 2 amide bonds. The van der Waals surface area contributed by atoms with Crippen molar-refractivity contribution < 1.29 is 17.9 Å². The molecule has 0 bridgehead atoms. The van der Waals surface area contributed by atoms with Crippen LogP contribution in [-0.4, -0.2) is 73.6 Å². The number of urea groups is 1. The molecule has 2 saturated heterocycles. The molecule has 0 aromatic heterocycles. The van der Waals surface area contributed by atoms with Gasteiger partial charge in [0.2, 0.25) is 10.0 Å². The van der Waals surface area contributed by atoms with Gasteiger partial charge >= 0.3 is 6.03 Å². The van der Waals surface area contributed by atoms with Crippen LogP contribution < -0.4 is 0 Å². The van der Waals surface area contributed by atoms with Crippen LogP contribution in [-0.2, 0) is 14.8 Å². The molecule has 2 aliphatic rings. The van der Waals surface area contributed by atoms with Gasteiger partial charge in [-0.2, -0.15) is 4.31 Å². The SMILES string of the molecule is CC(C)[C@@H]1N(C(=O)N2CCOCC2)[C@H](C)CN1S(=O)(=O)c1ccc(Cl)cc1. The average molecular weight is 416 g/mol. The second-order valence-electron chi connectivity index (χ2n) is 7.32. The standard InChI is InChI=1S/C18H26ClN3O4S/c1-13(2)17-21(27(24,25)16-6-4-15(19)5-7-16)12-14(3)22(17)18(23)20-8-10-26-11-9-20/h4-7,13-14,17H,8-12H2,1-3H3/t14-,17+/m1/s1. The van der Waals surface area contributed by atoms with E-state index in [1.807, 2.05) is 20.8 Å². The third kappa shape index (κ3) is 3.94. The summed E-state index contributed by atoms with van der Waals surface area (Å²) >= 11 is 5.90. The summed E-state index contributed by atoms with van der Waals surface area (Å²) in [6.07, 6.45) is -0.531. The zero-order valence-corrected chi connectivity index (χ0v) is 17.4. The first-order valence-electron chi connectivity index (χ1n) is 9.16. The minimum Gasteiger partial charge on any atom is -0.378 e. The van der Waals surface area contributed by atoms with Crippen LogP contribution in [0.5, 0.6) is 0 Å². The van der Waals surface area contributed by atoms with Gasteiger partial charge in [-0.3, -0.25) is 0 Å². The normalized spacial score (nSPS) is 24.6. The van der Waals surface area contributed by atoms with Crippen molar-refractivity contribution >= 4 is 27.7 Å². The fraction of sp³-hybridized carbons (Fsp3) is 0.611. The molecule has 9 heteroatoms. The smallest absolute Gasteiger partial charge is 0.321 e. The fourth-order valence-electron chi connectivity index (χ4n) is 3.71. The van der Waals surface area contributed by atoms with Crippen molar-refractivity contribution in [1.29, 1.82) is 0 Å². The van der Waals surface area contributed by atoms with E-state index in [9.17, 15) is 13.2 Å². The summed E-state index contributed by atoms with van der Waals surface area (Å²) in [6.45, 7) is 8.10. The summed E-state index contributed by atoms with van der Waals surface area (Å²) < 4.78 is 33.3. The molecule has 1 aromatic rings. The van der Waals surface area contributed by atoms with Crippen LogP contribution in [0, 0.1) is 5.92 Å². The number of carbonyl (C=O) groups excluding carboxylic acids is 1. The van der Waals surface area contributed by atoms with Gasteiger partial charge in [-0.15, -0.1) is 0 Å². The zero-order valence-electron chi connectivity index (χ0n) is 15.8. The fourth-order valence-corrected chi connectivity index (χ4v) is 5.63. The summed E-state index contributed by atoms with van der Waals surface area (Å²) in [6, 6.07) is 5.80. The lowest BCUT2D eigenvalue weighted by Gasteiger charge is -2.38. The number of nitrogens with zero attached hydrogens (tertiary/aromatic N) is 3. The summed E-state index contributed by atoms with van der Waals surface area (Å²) in [4.78, 5) is 16.8. The highest BCUT2D eigenvalue weighted by molar-refractivity contribution is 7.89. The topological polar surface area (TPSA) is 70.2 Å². The number of morpholine rings is 1. The molecule has 0 radical (unpaired) electrons. The van der Waals surface area contributed by atoms with Crippen LogP contribution in [0.1, 0.15) is 20.8 Å². The molecule has 150 valence electrons.